The van der Waals surface area contributed by atoms with Gasteiger partial charge in [-0.05, 0) is 26.3 Å². The molecule has 0 saturated carbocycles. The zero-order chi connectivity index (χ0) is 18.2. The van der Waals surface area contributed by atoms with E-state index in [4.69, 9.17) is 0 Å². The summed E-state index contributed by atoms with van der Waals surface area (Å²) in [5.74, 6) is 1.44. The van der Waals surface area contributed by atoms with Gasteiger partial charge < -0.3 is 4.57 Å². The maximum Gasteiger partial charge on any atom is 0.208 e. The standard InChI is InChI=1S/C16H22N4O3S2/c1-4-15-17-16(19-18-15)24-8-14(21)13-7-10(2)20(11(13)3)12-5-6-25(22,23)9-12/h7,12H,4-6,8-9H2,1-3H3,(H,17,18,19). The van der Waals surface area contributed by atoms with Gasteiger partial charge >= 0.3 is 0 Å². The number of aromatic nitrogens is 4. The topological polar surface area (TPSA) is 97.7 Å². The number of ketones is 1. The Bertz CT molecular complexity index is 899. The molecule has 2 aromatic rings. The van der Waals surface area contributed by atoms with Crippen LogP contribution in [0.25, 0.3) is 0 Å². The minimum Gasteiger partial charge on any atom is -0.344 e. The molecule has 1 N–H and O–H groups in total. The number of nitrogens with one attached hydrogen (secondary N) is 1. The van der Waals surface area contributed by atoms with E-state index in [1.165, 1.54) is 11.8 Å². The first kappa shape index (κ1) is 18.2. The predicted octanol–water partition coefficient (Wildman–Crippen LogP) is 2.12. The second-order valence-corrected chi connectivity index (χ2v) is 9.51. The van der Waals surface area contributed by atoms with E-state index in [0.29, 0.717) is 17.1 Å². The van der Waals surface area contributed by atoms with Gasteiger partial charge in [-0.1, -0.05) is 18.7 Å². The SMILES string of the molecule is CCc1nc(SCC(=O)c2cc(C)n(C3CCS(=O)(=O)C3)c2C)n[nH]1. The number of Topliss-reactive ketones (excluding diaryl/α,β-unsaturated/α-hetero) is 1. The monoisotopic (exact) mass is 382 g/mol. The molecule has 1 atom stereocenters. The van der Waals surface area contributed by atoms with E-state index in [1.54, 1.807) is 0 Å². The van der Waals surface area contributed by atoms with Crippen molar-refractivity contribution >= 4 is 27.4 Å². The van der Waals surface area contributed by atoms with Gasteiger partial charge in [0.25, 0.3) is 0 Å². The number of sulfone groups is 1. The van der Waals surface area contributed by atoms with Gasteiger partial charge in [0, 0.05) is 29.4 Å². The van der Waals surface area contributed by atoms with Gasteiger partial charge in [-0.15, -0.1) is 5.10 Å². The molecule has 2 aromatic heterocycles. The molecule has 0 bridgehead atoms. The summed E-state index contributed by atoms with van der Waals surface area (Å²) >= 11 is 1.31. The normalized spacial score (nSPS) is 19.4. The van der Waals surface area contributed by atoms with Gasteiger partial charge in [0.2, 0.25) is 5.16 Å². The van der Waals surface area contributed by atoms with Crippen molar-refractivity contribution in [1.29, 1.82) is 0 Å². The molecule has 0 radical (unpaired) electrons. The Kier molecular flexibility index (Phi) is 5.06. The molecule has 1 aliphatic heterocycles. The molecule has 1 fully saturated rings. The molecule has 9 heteroatoms. The first-order valence-electron chi connectivity index (χ1n) is 8.27. The van der Waals surface area contributed by atoms with Crippen LogP contribution < -0.4 is 0 Å². The molecule has 0 aliphatic carbocycles. The minimum atomic E-state index is -2.96. The third kappa shape index (κ3) is 3.82. The maximum atomic E-state index is 12.6. The molecular weight excluding hydrogens is 360 g/mol. The highest BCUT2D eigenvalue weighted by Gasteiger charge is 2.31. The quantitative estimate of drug-likeness (QED) is 0.607. The third-order valence-electron chi connectivity index (χ3n) is 4.54. The van der Waals surface area contributed by atoms with Crippen LogP contribution in [-0.2, 0) is 16.3 Å². The van der Waals surface area contributed by atoms with Crippen molar-refractivity contribution in [3.63, 3.8) is 0 Å². The Morgan fingerprint density at radius 1 is 1.44 bits per heavy atom. The summed E-state index contributed by atoms with van der Waals surface area (Å²) in [6, 6.07) is 1.79. The van der Waals surface area contributed by atoms with Crippen molar-refractivity contribution < 1.29 is 13.2 Å². The number of nitrogens with zero attached hydrogens (tertiary/aromatic N) is 3. The number of aromatic amines is 1. The highest BCUT2D eigenvalue weighted by atomic mass is 32.2. The maximum absolute atomic E-state index is 12.6. The van der Waals surface area contributed by atoms with Crippen molar-refractivity contribution in [1.82, 2.24) is 19.7 Å². The van der Waals surface area contributed by atoms with Crippen molar-refractivity contribution in [2.24, 2.45) is 0 Å². The van der Waals surface area contributed by atoms with Crippen LogP contribution >= 0.6 is 11.8 Å². The van der Waals surface area contributed by atoms with Crippen LogP contribution in [0.15, 0.2) is 11.2 Å². The predicted molar refractivity (Wildman–Crippen MR) is 97.0 cm³/mol. The summed E-state index contributed by atoms with van der Waals surface area (Å²) in [6.45, 7) is 5.79. The summed E-state index contributed by atoms with van der Waals surface area (Å²) in [4.78, 5) is 16.9. The molecule has 1 unspecified atom stereocenters. The number of carbonyl (C=O) groups excluding carboxylic acids is 1. The Morgan fingerprint density at radius 2 is 2.20 bits per heavy atom. The van der Waals surface area contributed by atoms with Gasteiger partial charge in [-0.25, -0.2) is 13.4 Å². The zero-order valence-corrected chi connectivity index (χ0v) is 16.2. The minimum absolute atomic E-state index is 0.00746. The van der Waals surface area contributed by atoms with Crippen LogP contribution in [0.5, 0.6) is 0 Å². The highest BCUT2D eigenvalue weighted by Crippen LogP contribution is 2.29. The molecule has 1 saturated heterocycles. The smallest absolute Gasteiger partial charge is 0.208 e. The van der Waals surface area contributed by atoms with Gasteiger partial charge in [-0.2, -0.15) is 0 Å². The second-order valence-electron chi connectivity index (χ2n) is 6.34. The van der Waals surface area contributed by atoms with E-state index in [-0.39, 0.29) is 29.1 Å². The molecule has 0 spiro atoms. The molecule has 25 heavy (non-hydrogen) atoms. The Morgan fingerprint density at radius 3 is 2.80 bits per heavy atom. The number of hydrogen-bond acceptors (Lipinski definition) is 6. The first-order chi connectivity index (χ1) is 11.8. The number of hydrogen-bond donors (Lipinski definition) is 1. The van der Waals surface area contributed by atoms with Crippen molar-refractivity contribution in [3.8, 4) is 0 Å². The Balaban J connectivity index is 1.74. The van der Waals surface area contributed by atoms with Crippen LogP contribution in [-0.4, -0.2) is 51.2 Å². The third-order valence-corrected chi connectivity index (χ3v) is 7.13. The van der Waals surface area contributed by atoms with Gasteiger partial charge in [0.1, 0.15) is 5.82 Å². The van der Waals surface area contributed by atoms with E-state index in [1.807, 2.05) is 31.4 Å². The molecular formula is C16H22N4O3S2. The van der Waals surface area contributed by atoms with Crippen molar-refractivity contribution in [3.05, 3.63) is 28.8 Å². The summed E-state index contributed by atoms with van der Waals surface area (Å²) in [5, 5.41) is 7.48. The molecule has 3 rings (SSSR count). The lowest BCUT2D eigenvalue weighted by molar-refractivity contribution is 0.102. The average molecular weight is 383 g/mol. The van der Waals surface area contributed by atoms with Gasteiger partial charge in [0.15, 0.2) is 15.6 Å². The lowest BCUT2D eigenvalue weighted by atomic mass is 10.2. The fourth-order valence-corrected chi connectivity index (χ4v) is 5.71. The lowest BCUT2D eigenvalue weighted by Crippen LogP contribution is -2.14. The molecule has 7 nitrogen and oxygen atoms in total. The van der Waals surface area contributed by atoms with Crippen LogP contribution in [0.4, 0.5) is 0 Å². The molecule has 0 aromatic carbocycles. The summed E-state index contributed by atoms with van der Waals surface area (Å²) in [7, 11) is -2.96. The second kappa shape index (κ2) is 6.95. The number of rotatable bonds is 6. The van der Waals surface area contributed by atoms with Crippen molar-refractivity contribution in [2.45, 2.75) is 44.8 Å². The molecule has 136 valence electrons. The summed E-state index contributed by atoms with van der Waals surface area (Å²) < 4.78 is 25.5. The van der Waals surface area contributed by atoms with Gasteiger partial charge in [-0.3, -0.25) is 9.89 Å². The Hall–Kier alpha value is -1.61. The fourth-order valence-electron chi connectivity index (χ4n) is 3.31. The van der Waals surface area contributed by atoms with E-state index >= 15 is 0 Å². The van der Waals surface area contributed by atoms with Crippen LogP contribution in [0.2, 0.25) is 0 Å². The average Bonchev–Trinajstić information content (AvgIpc) is 3.23. The van der Waals surface area contributed by atoms with E-state index in [2.05, 4.69) is 15.2 Å². The molecule has 1 aliphatic rings. The van der Waals surface area contributed by atoms with E-state index < -0.39 is 9.84 Å². The van der Waals surface area contributed by atoms with E-state index in [0.717, 1.165) is 23.6 Å². The van der Waals surface area contributed by atoms with E-state index in [9.17, 15) is 13.2 Å². The zero-order valence-electron chi connectivity index (χ0n) is 14.6. The molecule has 0 amide bonds. The van der Waals surface area contributed by atoms with Crippen molar-refractivity contribution in [2.75, 3.05) is 17.3 Å². The number of H-pyrrole nitrogens is 1. The number of thioether (sulfide) groups is 1. The summed E-state index contributed by atoms with van der Waals surface area (Å²) in [5.41, 5.74) is 2.43. The number of carbonyl (C=O) groups is 1. The van der Waals surface area contributed by atoms with Crippen LogP contribution in [0.1, 0.15) is 47.0 Å². The molecule has 3 heterocycles. The Labute approximate surface area is 151 Å². The summed E-state index contributed by atoms with van der Waals surface area (Å²) in [6.07, 6.45) is 1.38. The van der Waals surface area contributed by atoms with Crippen LogP contribution in [0.3, 0.4) is 0 Å². The largest absolute Gasteiger partial charge is 0.344 e. The highest BCUT2D eigenvalue weighted by molar-refractivity contribution is 7.99. The van der Waals surface area contributed by atoms with Crippen LogP contribution in [0, 0.1) is 13.8 Å². The lowest BCUT2D eigenvalue weighted by Gasteiger charge is -2.16. The fraction of sp³-hybridized carbons (Fsp3) is 0.562. The van der Waals surface area contributed by atoms with Gasteiger partial charge in [0.05, 0.1) is 17.3 Å². The number of aryl methyl sites for hydroxylation is 2. The first-order valence-corrected chi connectivity index (χ1v) is 11.1.